The van der Waals surface area contributed by atoms with Crippen LogP contribution in [0.5, 0.6) is 5.75 Å². The number of carbonyl (C=O) groups is 1. The summed E-state index contributed by atoms with van der Waals surface area (Å²) in [5.41, 5.74) is 12.4. The molecule has 0 saturated heterocycles. The quantitative estimate of drug-likeness (QED) is 0.299. The molecule has 0 bridgehead atoms. The largest absolute Gasteiger partial charge is 0.489 e. The van der Waals surface area contributed by atoms with E-state index >= 15 is 0 Å². The van der Waals surface area contributed by atoms with Crippen molar-refractivity contribution in [3.63, 3.8) is 0 Å². The Bertz CT molecular complexity index is 1420. The molecule has 1 heterocycles. The van der Waals surface area contributed by atoms with Gasteiger partial charge in [0.15, 0.2) is 0 Å². The predicted molar refractivity (Wildman–Crippen MR) is 145 cm³/mol. The van der Waals surface area contributed by atoms with Gasteiger partial charge in [0.25, 0.3) is 0 Å². The number of ether oxygens (including phenoxy) is 2. The molecule has 0 atom stereocenters. The number of fused-ring (bicyclic) bond motifs is 3. The van der Waals surface area contributed by atoms with Crippen LogP contribution in [0.3, 0.4) is 0 Å². The summed E-state index contributed by atoms with van der Waals surface area (Å²) in [6.45, 7) is 7.59. The first-order valence-corrected chi connectivity index (χ1v) is 12.3. The third-order valence-corrected chi connectivity index (χ3v) is 7.07. The third kappa shape index (κ3) is 4.47. The number of esters is 1. The lowest BCUT2D eigenvalue weighted by molar-refractivity contribution is -0.139. The van der Waals surface area contributed by atoms with Crippen LogP contribution in [0.15, 0.2) is 72.8 Å². The molecule has 1 aliphatic rings. The van der Waals surface area contributed by atoms with E-state index in [2.05, 4.69) is 74.6 Å². The van der Waals surface area contributed by atoms with E-state index in [9.17, 15) is 4.79 Å². The van der Waals surface area contributed by atoms with E-state index in [1.807, 2.05) is 24.3 Å². The minimum atomic E-state index is -0.237. The topological polar surface area (TPSA) is 47.6 Å². The first kappa shape index (κ1) is 23.7. The second-order valence-electron chi connectivity index (χ2n) is 9.42. The predicted octanol–water partition coefficient (Wildman–Crippen LogP) is 7.17. The highest BCUT2D eigenvalue weighted by Crippen LogP contribution is 2.47. The number of carbonyl (C=O) groups excluding carboxylic acids is 1. The minimum absolute atomic E-state index is 0.231. The Kier molecular flexibility index (Phi) is 6.51. The minimum Gasteiger partial charge on any atom is -0.489 e. The lowest BCUT2D eigenvalue weighted by atomic mass is 9.81. The molecule has 0 saturated carbocycles. The lowest BCUT2D eigenvalue weighted by Crippen LogP contribution is -2.16. The third-order valence-electron chi connectivity index (χ3n) is 7.07. The molecule has 36 heavy (non-hydrogen) atoms. The van der Waals surface area contributed by atoms with Gasteiger partial charge >= 0.3 is 5.97 Å². The molecule has 182 valence electrons. The normalized spacial score (nSPS) is 11.8. The van der Waals surface area contributed by atoms with E-state index in [-0.39, 0.29) is 12.4 Å². The maximum atomic E-state index is 12.4. The standard InChI is InChI=1S/C32H31NO3/c1-20-10-12-24(13-11-20)30-22(3)31-28-16-26(36-19-23-8-6-5-7-9-23)15-14-25(28)18-33-32(31)21(2)27(30)17-29(34)35-4/h5-16,33H,17-19H2,1-4H3. The van der Waals surface area contributed by atoms with Crippen molar-refractivity contribution in [1.82, 2.24) is 0 Å². The molecule has 4 nitrogen and oxygen atoms in total. The van der Waals surface area contributed by atoms with E-state index < -0.39 is 0 Å². The number of benzene rings is 4. The second-order valence-corrected chi connectivity index (χ2v) is 9.42. The fraction of sp³-hybridized carbons (Fsp3) is 0.219. The van der Waals surface area contributed by atoms with Crippen molar-refractivity contribution in [2.75, 3.05) is 12.4 Å². The number of aryl methyl sites for hydroxylation is 1. The molecular formula is C32H31NO3. The Labute approximate surface area is 212 Å². The van der Waals surface area contributed by atoms with Crippen LogP contribution < -0.4 is 10.1 Å². The number of anilines is 1. The van der Waals surface area contributed by atoms with Crippen molar-refractivity contribution in [2.45, 2.75) is 40.3 Å². The van der Waals surface area contributed by atoms with Gasteiger partial charge in [0.2, 0.25) is 0 Å². The first-order valence-electron chi connectivity index (χ1n) is 12.3. The lowest BCUT2D eigenvalue weighted by Gasteiger charge is -2.30. The molecule has 1 aliphatic heterocycles. The van der Waals surface area contributed by atoms with Gasteiger partial charge in [-0.15, -0.1) is 0 Å². The molecule has 0 aromatic heterocycles. The molecule has 4 aromatic rings. The maximum absolute atomic E-state index is 12.4. The zero-order valence-corrected chi connectivity index (χ0v) is 21.3. The monoisotopic (exact) mass is 477 g/mol. The zero-order valence-electron chi connectivity index (χ0n) is 21.3. The Hall–Kier alpha value is -4.05. The highest BCUT2D eigenvalue weighted by Gasteiger charge is 2.27. The molecule has 0 aliphatic carbocycles. The summed E-state index contributed by atoms with van der Waals surface area (Å²) in [7, 11) is 1.44. The van der Waals surface area contributed by atoms with Gasteiger partial charge in [-0.2, -0.15) is 0 Å². The van der Waals surface area contributed by atoms with E-state index in [0.717, 1.165) is 51.4 Å². The summed E-state index contributed by atoms with van der Waals surface area (Å²) in [6.07, 6.45) is 0.231. The molecule has 5 rings (SSSR count). The average Bonchev–Trinajstić information content (AvgIpc) is 2.91. The number of rotatable bonds is 6. The van der Waals surface area contributed by atoms with Gasteiger partial charge in [0.05, 0.1) is 13.5 Å². The summed E-state index contributed by atoms with van der Waals surface area (Å²) in [4.78, 5) is 12.4. The smallest absolute Gasteiger partial charge is 0.310 e. The molecule has 0 unspecified atom stereocenters. The number of nitrogens with one attached hydrogen (secondary N) is 1. The van der Waals surface area contributed by atoms with E-state index in [4.69, 9.17) is 9.47 Å². The van der Waals surface area contributed by atoms with Gasteiger partial charge in [-0.25, -0.2) is 0 Å². The van der Waals surface area contributed by atoms with Crippen molar-refractivity contribution < 1.29 is 14.3 Å². The highest BCUT2D eigenvalue weighted by atomic mass is 16.5. The van der Waals surface area contributed by atoms with Gasteiger partial charge < -0.3 is 14.8 Å². The van der Waals surface area contributed by atoms with Crippen LogP contribution in [0.1, 0.15) is 33.4 Å². The molecule has 0 fully saturated rings. The van der Waals surface area contributed by atoms with Gasteiger partial charge in [0.1, 0.15) is 12.4 Å². The number of hydrogen-bond acceptors (Lipinski definition) is 4. The molecule has 0 amide bonds. The molecular weight excluding hydrogens is 446 g/mol. The Morgan fingerprint density at radius 3 is 2.36 bits per heavy atom. The summed E-state index contributed by atoms with van der Waals surface area (Å²) in [6, 6.07) is 25.1. The van der Waals surface area contributed by atoms with Crippen molar-refractivity contribution >= 4 is 11.7 Å². The second kappa shape index (κ2) is 9.90. The summed E-state index contributed by atoms with van der Waals surface area (Å²) in [5.74, 6) is 0.608. The maximum Gasteiger partial charge on any atom is 0.310 e. The first-order chi connectivity index (χ1) is 17.5. The van der Waals surface area contributed by atoms with Crippen LogP contribution in [-0.2, 0) is 29.1 Å². The number of hydrogen-bond donors (Lipinski definition) is 1. The summed E-state index contributed by atoms with van der Waals surface area (Å²) in [5, 5.41) is 3.63. The molecule has 0 spiro atoms. The van der Waals surface area contributed by atoms with Crippen LogP contribution in [0.25, 0.3) is 22.3 Å². The van der Waals surface area contributed by atoms with E-state index in [1.165, 1.54) is 29.4 Å². The summed E-state index contributed by atoms with van der Waals surface area (Å²) < 4.78 is 11.2. The molecule has 0 radical (unpaired) electrons. The fourth-order valence-corrected chi connectivity index (χ4v) is 5.13. The van der Waals surface area contributed by atoms with E-state index in [1.54, 1.807) is 0 Å². The van der Waals surface area contributed by atoms with Crippen LogP contribution in [-0.4, -0.2) is 13.1 Å². The van der Waals surface area contributed by atoms with E-state index in [0.29, 0.717) is 6.61 Å². The SMILES string of the molecule is COC(=O)Cc1c(C)c2c(c(C)c1-c1ccc(C)cc1)-c1cc(OCc3ccccc3)ccc1CN2. The molecule has 4 heteroatoms. The molecule has 1 N–H and O–H groups in total. The van der Waals surface area contributed by atoms with Gasteiger partial charge in [-0.3, -0.25) is 4.79 Å². The Balaban J connectivity index is 1.64. The fourth-order valence-electron chi connectivity index (χ4n) is 5.13. The van der Waals surface area contributed by atoms with Crippen molar-refractivity contribution in [1.29, 1.82) is 0 Å². The molecule has 4 aromatic carbocycles. The van der Waals surface area contributed by atoms with Crippen LogP contribution in [0, 0.1) is 20.8 Å². The van der Waals surface area contributed by atoms with Gasteiger partial charge in [0, 0.05) is 17.8 Å². The highest BCUT2D eigenvalue weighted by molar-refractivity contribution is 5.95. The van der Waals surface area contributed by atoms with Crippen molar-refractivity contribution in [3.05, 3.63) is 106 Å². The van der Waals surface area contributed by atoms with Gasteiger partial charge in [-0.05, 0) is 77.4 Å². The zero-order chi connectivity index (χ0) is 25.2. The Morgan fingerprint density at radius 1 is 0.889 bits per heavy atom. The number of methoxy groups -OCH3 is 1. The van der Waals surface area contributed by atoms with Gasteiger partial charge in [-0.1, -0.05) is 66.2 Å². The summed E-state index contributed by atoms with van der Waals surface area (Å²) >= 11 is 0. The van der Waals surface area contributed by atoms with Crippen LogP contribution in [0.2, 0.25) is 0 Å². The average molecular weight is 478 g/mol. The van der Waals surface area contributed by atoms with Crippen LogP contribution >= 0.6 is 0 Å². The Morgan fingerprint density at radius 2 is 1.64 bits per heavy atom. The van der Waals surface area contributed by atoms with Crippen molar-refractivity contribution in [3.8, 4) is 28.0 Å². The van der Waals surface area contributed by atoms with Crippen LogP contribution in [0.4, 0.5) is 5.69 Å². The van der Waals surface area contributed by atoms with Crippen molar-refractivity contribution in [2.24, 2.45) is 0 Å².